The van der Waals surface area contributed by atoms with Crippen molar-refractivity contribution in [3.8, 4) is 0 Å². The topological polar surface area (TPSA) is 9.23 Å². The smallest absolute Gasteiger partial charge is 0.363 e. The number of hydrogen-bond donors (Lipinski definition) is 0. The number of ether oxygens (including phenoxy) is 1. The van der Waals surface area contributed by atoms with Gasteiger partial charge in [-0.05, 0) is 6.92 Å². The Bertz CT molecular complexity index is 330. The molecular weight excluding hydrogens is 238 g/mol. The van der Waals surface area contributed by atoms with Crippen LogP contribution in [0.4, 0.5) is 26.3 Å². The van der Waals surface area contributed by atoms with E-state index in [0.29, 0.717) is 0 Å². The summed E-state index contributed by atoms with van der Waals surface area (Å²) < 4.78 is 80.3. The largest absolute Gasteiger partial charge is 0.395 e. The van der Waals surface area contributed by atoms with Gasteiger partial charge >= 0.3 is 12.4 Å². The highest BCUT2D eigenvalue weighted by Crippen LogP contribution is 2.58. The van der Waals surface area contributed by atoms with Gasteiger partial charge in [-0.3, -0.25) is 0 Å². The van der Waals surface area contributed by atoms with Crippen molar-refractivity contribution in [3.63, 3.8) is 0 Å². The van der Waals surface area contributed by atoms with Gasteiger partial charge in [0.1, 0.15) is 5.92 Å². The van der Waals surface area contributed by atoms with Crippen LogP contribution in [0.5, 0.6) is 0 Å². The lowest BCUT2D eigenvalue weighted by molar-refractivity contribution is -0.253. The van der Waals surface area contributed by atoms with Crippen molar-refractivity contribution in [2.45, 2.75) is 31.0 Å². The van der Waals surface area contributed by atoms with Gasteiger partial charge in [0.2, 0.25) is 0 Å². The molecule has 0 amide bonds. The summed E-state index contributed by atoms with van der Waals surface area (Å²) in [5.41, 5.74) is -1.89. The van der Waals surface area contributed by atoms with Crippen molar-refractivity contribution in [3.05, 3.63) is 12.2 Å². The summed E-state index contributed by atoms with van der Waals surface area (Å²) in [5.74, 6) is -5.02. The summed E-state index contributed by atoms with van der Waals surface area (Å²) >= 11 is 0. The van der Waals surface area contributed by atoms with Crippen LogP contribution < -0.4 is 0 Å². The monoisotopic (exact) mass is 246 g/mol. The van der Waals surface area contributed by atoms with Crippen LogP contribution in [0.1, 0.15) is 6.92 Å². The third-order valence-corrected chi connectivity index (χ3v) is 3.07. The fourth-order valence-electron chi connectivity index (χ4n) is 2.48. The molecule has 2 heterocycles. The summed E-state index contributed by atoms with van der Waals surface area (Å²) in [6, 6.07) is 0. The van der Waals surface area contributed by atoms with E-state index >= 15 is 0 Å². The lowest BCUT2D eigenvalue weighted by Crippen LogP contribution is -2.48. The van der Waals surface area contributed by atoms with Gasteiger partial charge in [-0.2, -0.15) is 26.3 Å². The Morgan fingerprint density at radius 2 is 1.62 bits per heavy atom. The number of alkyl halides is 6. The zero-order valence-corrected chi connectivity index (χ0v) is 8.06. The molecule has 2 bridgehead atoms. The average Bonchev–Trinajstić information content (AvgIpc) is 2.52. The quantitative estimate of drug-likeness (QED) is 0.471. The van der Waals surface area contributed by atoms with Crippen LogP contribution in [-0.2, 0) is 4.74 Å². The van der Waals surface area contributed by atoms with E-state index in [1.54, 1.807) is 0 Å². The van der Waals surface area contributed by atoms with E-state index in [4.69, 9.17) is 4.74 Å². The molecule has 7 heteroatoms. The predicted octanol–water partition coefficient (Wildman–Crippen LogP) is 3.07. The minimum atomic E-state index is -4.92. The van der Waals surface area contributed by atoms with Gasteiger partial charge in [-0.1, -0.05) is 12.2 Å². The first kappa shape index (κ1) is 11.8. The molecule has 4 atom stereocenters. The molecule has 0 spiro atoms. The minimum absolute atomic E-state index is 1.04. The van der Waals surface area contributed by atoms with Gasteiger partial charge in [-0.15, -0.1) is 0 Å². The molecule has 2 aliphatic rings. The van der Waals surface area contributed by atoms with E-state index in [1.165, 1.54) is 0 Å². The molecule has 0 aromatic carbocycles. The van der Waals surface area contributed by atoms with Crippen LogP contribution in [0, 0.1) is 11.8 Å². The van der Waals surface area contributed by atoms with Crippen molar-refractivity contribution in [1.82, 2.24) is 0 Å². The third kappa shape index (κ3) is 1.52. The fourth-order valence-corrected chi connectivity index (χ4v) is 2.48. The van der Waals surface area contributed by atoms with Crippen molar-refractivity contribution in [1.29, 1.82) is 0 Å². The summed E-state index contributed by atoms with van der Waals surface area (Å²) in [7, 11) is 0. The van der Waals surface area contributed by atoms with Gasteiger partial charge < -0.3 is 4.74 Å². The highest BCUT2D eigenvalue weighted by molar-refractivity contribution is 5.23. The Balaban J connectivity index is 2.43. The molecule has 2 rings (SSSR count). The maximum atomic E-state index is 12.6. The molecule has 0 saturated carbocycles. The number of halogens is 6. The zero-order chi connectivity index (χ0) is 12.4. The van der Waals surface area contributed by atoms with Crippen LogP contribution in [-0.4, -0.2) is 24.1 Å². The molecule has 2 aliphatic heterocycles. The van der Waals surface area contributed by atoms with Crippen molar-refractivity contribution >= 4 is 0 Å². The van der Waals surface area contributed by atoms with Gasteiger partial charge in [-0.25, -0.2) is 0 Å². The zero-order valence-electron chi connectivity index (χ0n) is 8.06. The second-order valence-corrected chi connectivity index (χ2v) is 4.21. The molecule has 0 N–H and O–H groups in total. The SMILES string of the molecule is CC12C=CC(O1)C(C(F)(F)F)[C@@H]2C(F)(F)F. The fraction of sp³-hybridized carbons (Fsp3) is 0.778. The Kier molecular flexibility index (Phi) is 2.16. The Morgan fingerprint density at radius 3 is 2.00 bits per heavy atom. The van der Waals surface area contributed by atoms with Crippen molar-refractivity contribution < 1.29 is 31.1 Å². The van der Waals surface area contributed by atoms with Crippen LogP contribution in [0.15, 0.2) is 12.2 Å². The highest BCUT2D eigenvalue weighted by Gasteiger charge is 2.70. The van der Waals surface area contributed by atoms with Gasteiger partial charge in [0.15, 0.2) is 0 Å². The van der Waals surface area contributed by atoms with Crippen molar-refractivity contribution in [2.24, 2.45) is 11.8 Å². The van der Waals surface area contributed by atoms with Crippen LogP contribution in [0.3, 0.4) is 0 Å². The summed E-state index contributed by atoms with van der Waals surface area (Å²) in [6.45, 7) is 1.04. The molecule has 0 aliphatic carbocycles. The first-order chi connectivity index (χ1) is 7.06. The number of rotatable bonds is 0. The molecule has 3 unspecified atom stereocenters. The van der Waals surface area contributed by atoms with E-state index < -0.39 is 35.9 Å². The van der Waals surface area contributed by atoms with E-state index in [9.17, 15) is 26.3 Å². The van der Waals surface area contributed by atoms with Gasteiger partial charge in [0.05, 0.1) is 17.6 Å². The maximum Gasteiger partial charge on any atom is 0.395 e. The molecule has 0 aromatic heterocycles. The van der Waals surface area contributed by atoms with E-state index in [2.05, 4.69) is 0 Å². The Labute approximate surface area is 87.1 Å². The summed E-state index contributed by atoms with van der Waals surface area (Å²) in [5, 5.41) is 0. The maximum absolute atomic E-state index is 12.6. The Hall–Kier alpha value is -0.720. The molecule has 1 nitrogen and oxygen atoms in total. The summed E-state index contributed by atoms with van der Waals surface area (Å²) in [6.07, 6.45) is -9.23. The predicted molar refractivity (Wildman–Crippen MR) is 41.5 cm³/mol. The molecule has 0 aromatic rings. The second kappa shape index (κ2) is 2.94. The average molecular weight is 246 g/mol. The molecule has 1 saturated heterocycles. The highest BCUT2D eigenvalue weighted by atomic mass is 19.4. The van der Waals surface area contributed by atoms with Crippen LogP contribution in [0.25, 0.3) is 0 Å². The second-order valence-electron chi connectivity index (χ2n) is 4.21. The first-order valence-electron chi connectivity index (χ1n) is 4.56. The molecule has 0 radical (unpaired) electrons. The lowest BCUT2D eigenvalue weighted by Gasteiger charge is -2.33. The Morgan fingerprint density at radius 1 is 1.06 bits per heavy atom. The molecule has 92 valence electrons. The van der Waals surface area contributed by atoms with E-state index in [-0.39, 0.29) is 0 Å². The van der Waals surface area contributed by atoms with Crippen molar-refractivity contribution in [2.75, 3.05) is 0 Å². The summed E-state index contributed by atoms with van der Waals surface area (Å²) in [4.78, 5) is 0. The molecule has 1 fully saturated rings. The molecule has 16 heavy (non-hydrogen) atoms. The third-order valence-electron chi connectivity index (χ3n) is 3.07. The first-order valence-corrected chi connectivity index (χ1v) is 4.56. The molecular formula is C9H8F6O. The van der Waals surface area contributed by atoms with Gasteiger partial charge in [0.25, 0.3) is 0 Å². The lowest BCUT2D eigenvalue weighted by atomic mass is 9.75. The number of hydrogen-bond acceptors (Lipinski definition) is 1. The van der Waals surface area contributed by atoms with E-state index in [1.807, 2.05) is 0 Å². The van der Waals surface area contributed by atoms with Crippen LogP contribution >= 0.6 is 0 Å². The van der Waals surface area contributed by atoms with Crippen LogP contribution in [0.2, 0.25) is 0 Å². The van der Waals surface area contributed by atoms with E-state index in [0.717, 1.165) is 19.1 Å². The minimum Gasteiger partial charge on any atom is -0.363 e. The van der Waals surface area contributed by atoms with Gasteiger partial charge in [0, 0.05) is 0 Å². The normalized spacial score (nSPS) is 43.1. The standard InChI is InChI=1S/C9H8F6O/c1-7-3-2-4(16-7)5(8(10,11)12)6(7)9(13,14)15/h2-6H,1H3/t4?,5?,6-,7?/m0/s1. The number of fused-ring (bicyclic) bond motifs is 2.